The summed E-state index contributed by atoms with van der Waals surface area (Å²) in [5.41, 5.74) is 0.624. The molecule has 4 nitrogen and oxygen atoms in total. The van der Waals surface area contributed by atoms with E-state index < -0.39 is 17.3 Å². The van der Waals surface area contributed by atoms with Crippen LogP contribution in [-0.4, -0.2) is 15.5 Å². The van der Waals surface area contributed by atoms with E-state index in [0.717, 1.165) is 29.0 Å². The maximum atomic E-state index is 13.8. The van der Waals surface area contributed by atoms with Crippen LogP contribution in [0, 0.1) is 18.7 Å². The fourth-order valence-electron chi connectivity index (χ4n) is 2.63. The number of carboxylic acids is 1. The number of rotatable bonds is 3. The van der Waals surface area contributed by atoms with Crippen molar-refractivity contribution in [3.05, 3.63) is 50.1 Å². The molecule has 2 heterocycles. The number of hydrogen-bond donors (Lipinski definition) is 1. The van der Waals surface area contributed by atoms with Crippen molar-refractivity contribution in [3.63, 3.8) is 0 Å². The lowest BCUT2D eigenvalue weighted by atomic mass is 10.0. The number of carboxylic acid groups (broad SMARTS) is 1. The molecule has 0 saturated heterocycles. The van der Waals surface area contributed by atoms with Crippen molar-refractivity contribution in [3.8, 4) is 0 Å². The second-order valence-electron chi connectivity index (χ2n) is 5.48. The molecule has 3 rings (SSSR count). The van der Waals surface area contributed by atoms with Gasteiger partial charge in [0, 0.05) is 6.20 Å². The van der Waals surface area contributed by atoms with E-state index in [2.05, 4.69) is 0 Å². The number of pyridine rings is 2. The summed E-state index contributed by atoms with van der Waals surface area (Å²) in [6, 6.07) is 1.40. The van der Waals surface area contributed by atoms with Crippen molar-refractivity contribution < 1.29 is 14.3 Å². The molecule has 1 fully saturated rings. The summed E-state index contributed by atoms with van der Waals surface area (Å²) in [6.45, 7) is 1.64. The highest BCUT2D eigenvalue weighted by Gasteiger charge is 2.25. The quantitative estimate of drug-likeness (QED) is 0.948. The van der Waals surface area contributed by atoms with Gasteiger partial charge in [-0.05, 0) is 49.3 Å². The molecule has 1 saturated carbocycles. The molecule has 1 N–H and O–H groups in total. The van der Waals surface area contributed by atoms with Gasteiger partial charge in [-0.3, -0.25) is 9.20 Å². The highest BCUT2D eigenvalue weighted by atomic mass is 35.5. The van der Waals surface area contributed by atoms with Crippen LogP contribution in [0.15, 0.2) is 17.1 Å². The van der Waals surface area contributed by atoms with Crippen LogP contribution in [0.2, 0.25) is 5.02 Å². The number of hydrogen-bond acceptors (Lipinski definition) is 2. The lowest BCUT2D eigenvalue weighted by molar-refractivity contribution is 0.0694. The SMILES string of the molecule is Cc1c(Cl)c(F)cn2c(=O)c(C(=O)O)cc(CC3CC3)c12. The van der Waals surface area contributed by atoms with Crippen molar-refractivity contribution in [2.45, 2.75) is 26.2 Å². The summed E-state index contributed by atoms with van der Waals surface area (Å²) in [7, 11) is 0. The average molecular weight is 310 g/mol. The predicted octanol–water partition coefficient (Wildman–Crippen LogP) is 3.05. The van der Waals surface area contributed by atoms with Crippen LogP contribution in [0.4, 0.5) is 4.39 Å². The van der Waals surface area contributed by atoms with E-state index in [-0.39, 0.29) is 10.6 Å². The third kappa shape index (κ3) is 2.31. The third-order valence-corrected chi connectivity index (χ3v) is 4.35. The minimum absolute atomic E-state index is 0.0329. The summed E-state index contributed by atoms with van der Waals surface area (Å²) in [6.07, 6.45) is 3.81. The van der Waals surface area contributed by atoms with Crippen molar-refractivity contribution >= 4 is 23.1 Å². The largest absolute Gasteiger partial charge is 0.477 e. The lowest BCUT2D eigenvalue weighted by Gasteiger charge is -2.13. The van der Waals surface area contributed by atoms with Crippen LogP contribution in [-0.2, 0) is 6.42 Å². The zero-order chi connectivity index (χ0) is 15.3. The molecule has 2 aromatic heterocycles. The summed E-state index contributed by atoms with van der Waals surface area (Å²) in [5, 5.41) is 9.13. The van der Waals surface area contributed by atoms with Gasteiger partial charge in [-0.2, -0.15) is 0 Å². The molecule has 0 bridgehead atoms. The Bertz CT molecular complexity index is 824. The van der Waals surface area contributed by atoms with E-state index in [1.807, 2.05) is 0 Å². The molecule has 0 spiro atoms. The summed E-state index contributed by atoms with van der Waals surface area (Å²) >= 11 is 5.93. The van der Waals surface area contributed by atoms with Gasteiger partial charge in [-0.1, -0.05) is 11.6 Å². The highest BCUT2D eigenvalue weighted by Crippen LogP contribution is 2.35. The van der Waals surface area contributed by atoms with Gasteiger partial charge < -0.3 is 5.11 Å². The third-order valence-electron chi connectivity index (χ3n) is 3.89. The second kappa shape index (κ2) is 4.84. The first kappa shape index (κ1) is 14.1. The fourth-order valence-corrected chi connectivity index (χ4v) is 2.77. The van der Waals surface area contributed by atoms with Crippen LogP contribution < -0.4 is 5.56 Å². The van der Waals surface area contributed by atoms with Crippen LogP contribution in [0.25, 0.3) is 5.52 Å². The van der Waals surface area contributed by atoms with Gasteiger partial charge in [0.05, 0.1) is 10.5 Å². The maximum Gasteiger partial charge on any atom is 0.341 e. The van der Waals surface area contributed by atoms with Gasteiger partial charge in [0.15, 0.2) is 5.82 Å². The zero-order valence-electron chi connectivity index (χ0n) is 11.3. The molecule has 2 aromatic rings. The van der Waals surface area contributed by atoms with Crippen molar-refractivity contribution in [2.75, 3.05) is 0 Å². The number of aromatic carboxylic acids is 1. The molecule has 0 aromatic carbocycles. The topological polar surface area (TPSA) is 58.8 Å². The number of aromatic nitrogens is 1. The lowest BCUT2D eigenvalue weighted by Crippen LogP contribution is -2.24. The van der Waals surface area contributed by atoms with Crippen LogP contribution >= 0.6 is 11.6 Å². The van der Waals surface area contributed by atoms with E-state index in [1.54, 1.807) is 6.92 Å². The smallest absolute Gasteiger partial charge is 0.341 e. The number of aryl methyl sites for hydroxylation is 1. The molecule has 6 heteroatoms. The number of halogens is 2. The molecule has 21 heavy (non-hydrogen) atoms. The molecular formula is C15H13ClFNO3. The minimum atomic E-state index is -1.31. The minimum Gasteiger partial charge on any atom is -0.477 e. The Hall–Kier alpha value is -1.88. The van der Waals surface area contributed by atoms with E-state index in [1.165, 1.54) is 6.07 Å². The predicted molar refractivity (Wildman–Crippen MR) is 76.8 cm³/mol. The standard InChI is InChI=1S/C15H13ClFNO3/c1-7-12(16)11(17)6-18-13(7)9(4-8-2-3-8)5-10(14(18)19)15(20)21/h5-6,8H,2-4H2,1H3,(H,20,21). The monoisotopic (exact) mass is 309 g/mol. The summed E-state index contributed by atoms with van der Waals surface area (Å²) < 4.78 is 14.9. The molecule has 0 unspecified atom stereocenters. The summed E-state index contributed by atoms with van der Waals surface area (Å²) in [4.78, 5) is 23.4. The Morgan fingerprint density at radius 2 is 2.19 bits per heavy atom. The molecular weight excluding hydrogens is 297 g/mol. The molecule has 0 amide bonds. The Balaban J connectivity index is 2.41. The molecule has 0 atom stereocenters. The van der Waals surface area contributed by atoms with Gasteiger partial charge in [0.1, 0.15) is 5.56 Å². The number of carbonyl (C=O) groups is 1. The zero-order valence-corrected chi connectivity index (χ0v) is 12.1. The first-order valence-electron chi connectivity index (χ1n) is 6.66. The van der Waals surface area contributed by atoms with E-state index in [0.29, 0.717) is 23.4 Å². The molecule has 110 valence electrons. The van der Waals surface area contributed by atoms with Gasteiger partial charge in [-0.25, -0.2) is 9.18 Å². The Morgan fingerprint density at radius 3 is 2.76 bits per heavy atom. The van der Waals surface area contributed by atoms with Crippen molar-refractivity contribution in [2.24, 2.45) is 5.92 Å². The van der Waals surface area contributed by atoms with Gasteiger partial charge in [0.2, 0.25) is 0 Å². The normalized spacial score (nSPS) is 14.6. The Kier molecular flexibility index (Phi) is 3.24. The van der Waals surface area contributed by atoms with Gasteiger partial charge in [0.25, 0.3) is 5.56 Å². The molecule has 1 aliphatic carbocycles. The first-order chi connectivity index (χ1) is 9.90. The fraction of sp³-hybridized carbons (Fsp3) is 0.333. The van der Waals surface area contributed by atoms with E-state index in [4.69, 9.17) is 16.7 Å². The molecule has 0 aliphatic heterocycles. The molecule has 0 radical (unpaired) electrons. The van der Waals surface area contributed by atoms with Crippen LogP contribution in [0.3, 0.4) is 0 Å². The Morgan fingerprint density at radius 1 is 1.52 bits per heavy atom. The summed E-state index contributed by atoms with van der Waals surface area (Å²) in [5.74, 6) is -1.54. The number of nitrogens with zero attached hydrogens (tertiary/aromatic N) is 1. The van der Waals surface area contributed by atoms with E-state index in [9.17, 15) is 14.0 Å². The van der Waals surface area contributed by atoms with Crippen molar-refractivity contribution in [1.82, 2.24) is 4.40 Å². The molecule has 1 aliphatic rings. The average Bonchev–Trinajstić information content (AvgIpc) is 3.22. The van der Waals surface area contributed by atoms with E-state index >= 15 is 0 Å². The van der Waals surface area contributed by atoms with Crippen molar-refractivity contribution in [1.29, 1.82) is 0 Å². The second-order valence-corrected chi connectivity index (χ2v) is 5.85. The number of fused-ring (bicyclic) bond motifs is 1. The highest BCUT2D eigenvalue weighted by molar-refractivity contribution is 6.32. The van der Waals surface area contributed by atoms with Gasteiger partial charge in [-0.15, -0.1) is 0 Å². The Labute approximate surface area is 124 Å². The first-order valence-corrected chi connectivity index (χ1v) is 7.04. The van der Waals surface area contributed by atoms with Crippen LogP contribution in [0.5, 0.6) is 0 Å². The van der Waals surface area contributed by atoms with Crippen LogP contribution in [0.1, 0.15) is 34.3 Å². The maximum absolute atomic E-state index is 13.8. The van der Waals surface area contributed by atoms with Gasteiger partial charge >= 0.3 is 5.97 Å².